The van der Waals surface area contributed by atoms with Crippen LogP contribution < -0.4 is 4.90 Å². The fourth-order valence-electron chi connectivity index (χ4n) is 2.63. The Hall–Kier alpha value is -1.41. The highest BCUT2D eigenvalue weighted by molar-refractivity contribution is 9.10. The van der Waals surface area contributed by atoms with Crippen LogP contribution >= 0.6 is 39.0 Å². The number of hydrogen-bond donors (Lipinski definition) is 0. The average Bonchev–Trinajstić information content (AvgIpc) is 3.04. The first-order valence-corrected chi connectivity index (χ1v) is 11.3. The van der Waals surface area contributed by atoms with Crippen LogP contribution in [-0.4, -0.2) is 48.7 Å². The summed E-state index contributed by atoms with van der Waals surface area (Å²) in [7, 11) is 4.02. The second-order valence-corrected chi connectivity index (χ2v) is 9.59. The molecule has 0 spiro atoms. The number of fused-ring (bicyclic) bond motifs is 1. The molecule has 1 heterocycles. The van der Waals surface area contributed by atoms with Crippen molar-refractivity contribution in [3.63, 3.8) is 0 Å². The van der Waals surface area contributed by atoms with Crippen LogP contribution in [-0.2, 0) is 0 Å². The first kappa shape index (κ1) is 20.3. The largest absolute Gasteiger partial charge is 0.308 e. The zero-order valence-electron chi connectivity index (χ0n) is 15.6. The zero-order valence-corrected chi connectivity index (χ0v) is 18.8. The summed E-state index contributed by atoms with van der Waals surface area (Å²) in [6, 6.07) is 13.9. The number of nitrogens with zero attached hydrogens (tertiary/aromatic N) is 3. The highest BCUT2D eigenvalue weighted by Gasteiger charge is 2.21. The molecule has 4 nitrogen and oxygen atoms in total. The quantitative estimate of drug-likeness (QED) is 0.440. The third-order valence-corrected chi connectivity index (χ3v) is 6.39. The molecule has 0 aliphatic heterocycles. The van der Waals surface area contributed by atoms with Crippen LogP contribution in [0.2, 0.25) is 0 Å². The van der Waals surface area contributed by atoms with Crippen LogP contribution in [0.1, 0.15) is 17.3 Å². The molecule has 3 aromatic rings. The van der Waals surface area contributed by atoms with Crippen LogP contribution in [0, 0.1) is 0 Å². The van der Waals surface area contributed by atoms with Crippen molar-refractivity contribution >= 4 is 60.3 Å². The van der Waals surface area contributed by atoms with Crippen molar-refractivity contribution in [1.29, 1.82) is 0 Å². The van der Waals surface area contributed by atoms with E-state index in [1.807, 2.05) is 56.6 Å². The Balaban J connectivity index is 1.96. The molecule has 0 aliphatic rings. The number of benzene rings is 2. The summed E-state index contributed by atoms with van der Waals surface area (Å²) < 4.78 is 2.08. The summed E-state index contributed by atoms with van der Waals surface area (Å²) in [6.45, 7) is 3.48. The van der Waals surface area contributed by atoms with E-state index >= 15 is 0 Å². The molecule has 7 heteroatoms. The highest BCUT2D eigenvalue weighted by Crippen LogP contribution is 2.32. The topological polar surface area (TPSA) is 36.4 Å². The number of thiazole rings is 1. The van der Waals surface area contributed by atoms with Crippen molar-refractivity contribution in [2.75, 3.05) is 37.8 Å². The number of aromatic nitrogens is 1. The fourth-order valence-corrected chi connectivity index (χ4v) is 4.89. The maximum Gasteiger partial charge on any atom is 0.260 e. The second kappa shape index (κ2) is 9.19. The molecule has 0 aliphatic carbocycles. The third-order valence-electron chi connectivity index (χ3n) is 3.98. The van der Waals surface area contributed by atoms with Gasteiger partial charge in [-0.3, -0.25) is 9.69 Å². The molecule has 1 amide bonds. The molecular formula is C20H22BrN3OS2. The van der Waals surface area contributed by atoms with Crippen molar-refractivity contribution in [1.82, 2.24) is 9.88 Å². The fraction of sp³-hybridized carbons (Fsp3) is 0.300. The van der Waals surface area contributed by atoms with Gasteiger partial charge in [-0.05, 0) is 56.2 Å². The van der Waals surface area contributed by atoms with Gasteiger partial charge in [-0.1, -0.05) is 40.3 Å². The van der Waals surface area contributed by atoms with E-state index in [9.17, 15) is 4.79 Å². The molecule has 0 saturated heterocycles. The summed E-state index contributed by atoms with van der Waals surface area (Å²) in [5.41, 5.74) is 1.61. The summed E-state index contributed by atoms with van der Waals surface area (Å²) in [5.74, 6) is 0.975. The lowest BCUT2D eigenvalue weighted by atomic mass is 10.2. The molecule has 0 saturated carbocycles. The Morgan fingerprint density at radius 2 is 2.00 bits per heavy atom. The van der Waals surface area contributed by atoms with E-state index in [-0.39, 0.29) is 5.91 Å². The number of thioether (sulfide) groups is 1. The first-order valence-electron chi connectivity index (χ1n) is 8.73. The molecule has 3 rings (SSSR count). The maximum atomic E-state index is 13.3. The van der Waals surface area contributed by atoms with Crippen molar-refractivity contribution < 1.29 is 4.79 Å². The molecular weight excluding hydrogens is 442 g/mol. The van der Waals surface area contributed by atoms with E-state index in [2.05, 4.69) is 27.8 Å². The number of anilines is 1. The van der Waals surface area contributed by atoms with Gasteiger partial charge >= 0.3 is 0 Å². The summed E-state index contributed by atoms with van der Waals surface area (Å²) in [5, 5.41) is 0.739. The minimum atomic E-state index is -0.00600. The first-order chi connectivity index (χ1) is 13.0. The monoisotopic (exact) mass is 463 g/mol. The highest BCUT2D eigenvalue weighted by atomic mass is 79.9. The molecule has 0 atom stereocenters. The predicted molar refractivity (Wildman–Crippen MR) is 120 cm³/mol. The van der Waals surface area contributed by atoms with Gasteiger partial charge in [-0.25, -0.2) is 4.98 Å². The molecule has 27 heavy (non-hydrogen) atoms. The van der Waals surface area contributed by atoms with Crippen molar-refractivity contribution in [2.45, 2.75) is 11.8 Å². The smallest absolute Gasteiger partial charge is 0.260 e. The minimum absolute atomic E-state index is 0.00600. The molecule has 0 fully saturated rings. The zero-order chi connectivity index (χ0) is 19.4. The van der Waals surface area contributed by atoms with Crippen LogP contribution in [0.5, 0.6) is 0 Å². The molecule has 2 aromatic carbocycles. The number of amides is 1. The number of carbonyl (C=O) groups excluding carboxylic acids is 1. The molecule has 1 aromatic heterocycles. The lowest BCUT2D eigenvalue weighted by molar-refractivity contribution is 0.0985. The number of rotatable bonds is 7. The SMILES string of the molecule is CCSc1cccc(C(=O)N(CCN(C)C)c2nc3ccc(Br)cc3s2)c1. The van der Waals surface area contributed by atoms with E-state index in [0.717, 1.165) is 37.0 Å². The van der Waals surface area contributed by atoms with Gasteiger partial charge in [0.25, 0.3) is 5.91 Å². The van der Waals surface area contributed by atoms with Crippen LogP contribution in [0.4, 0.5) is 5.13 Å². The summed E-state index contributed by atoms with van der Waals surface area (Å²) in [6.07, 6.45) is 0. The molecule has 142 valence electrons. The second-order valence-electron chi connectivity index (χ2n) is 6.33. The Bertz CT molecular complexity index is 942. The van der Waals surface area contributed by atoms with Gasteiger partial charge in [-0.15, -0.1) is 11.8 Å². The number of halogens is 1. The lowest BCUT2D eigenvalue weighted by Crippen LogP contribution is -2.36. The van der Waals surface area contributed by atoms with E-state index in [1.165, 1.54) is 0 Å². The van der Waals surface area contributed by atoms with Crippen LogP contribution in [0.3, 0.4) is 0 Å². The molecule has 0 unspecified atom stereocenters. The van der Waals surface area contributed by atoms with Gasteiger partial charge in [0.2, 0.25) is 0 Å². The minimum Gasteiger partial charge on any atom is -0.308 e. The van der Waals surface area contributed by atoms with Crippen LogP contribution in [0.15, 0.2) is 51.8 Å². The van der Waals surface area contributed by atoms with Gasteiger partial charge in [0.1, 0.15) is 0 Å². The Morgan fingerprint density at radius 1 is 1.19 bits per heavy atom. The molecule has 0 radical (unpaired) electrons. The number of likely N-dealkylation sites (N-methyl/N-ethyl adjacent to an activating group) is 1. The van der Waals surface area contributed by atoms with Gasteiger partial charge in [0.05, 0.1) is 10.2 Å². The van der Waals surface area contributed by atoms with E-state index < -0.39 is 0 Å². The van der Waals surface area contributed by atoms with E-state index in [4.69, 9.17) is 4.98 Å². The number of hydrogen-bond acceptors (Lipinski definition) is 5. The maximum absolute atomic E-state index is 13.3. The summed E-state index contributed by atoms with van der Waals surface area (Å²) >= 11 is 6.80. The number of carbonyl (C=O) groups is 1. The summed E-state index contributed by atoms with van der Waals surface area (Å²) in [4.78, 5) is 23.0. The Labute approximate surface area is 176 Å². The molecule has 0 bridgehead atoms. The third kappa shape index (κ3) is 5.10. The lowest BCUT2D eigenvalue weighted by Gasteiger charge is -2.22. The Morgan fingerprint density at radius 3 is 2.74 bits per heavy atom. The van der Waals surface area contributed by atoms with Crippen molar-refractivity contribution in [3.05, 3.63) is 52.5 Å². The van der Waals surface area contributed by atoms with Gasteiger partial charge < -0.3 is 4.90 Å². The predicted octanol–water partition coefficient (Wildman–Crippen LogP) is 5.38. The van der Waals surface area contributed by atoms with Gasteiger partial charge in [0, 0.05) is 28.0 Å². The average molecular weight is 464 g/mol. The van der Waals surface area contributed by atoms with E-state index in [0.29, 0.717) is 12.1 Å². The van der Waals surface area contributed by atoms with Crippen LogP contribution in [0.25, 0.3) is 10.2 Å². The molecule has 0 N–H and O–H groups in total. The normalized spacial score (nSPS) is 11.3. The van der Waals surface area contributed by atoms with E-state index in [1.54, 1.807) is 28.0 Å². The van der Waals surface area contributed by atoms with Gasteiger partial charge in [-0.2, -0.15) is 0 Å². The van der Waals surface area contributed by atoms with Crippen molar-refractivity contribution in [2.24, 2.45) is 0 Å². The standard InChI is InChI=1S/C20H22BrN3OS2/c1-4-26-16-7-5-6-14(12-16)19(25)24(11-10-23(2)3)20-22-17-9-8-15(21)13-18(17)27-20/h5-9,12-13H,4,10-11H2,1-3H3. The Kier molecular flexibility index (Phi) is 6.92. The van der Waals surface area contributed by atoms with Gasteiger partial charge in [0.15, 0.2) is 5.13 Å². The van der Waals surface area contributed by atoms with Crippen molar-refractivity contribution in [3.8, 4) is 0 Å².